The number of aromatic nitrogens is 2. The van der Waals surface area contributed by atoms with Crippen LogP contribution in [0.15, 0.2) is 66.9 Å². The van der Waals surface area contributed by atoms with E-state index in [1.807, 2.05) is 18.3 Å². The van der Waals surface area contributed by atoms with Gasteiger partial charge in [-0.1, -0.05) is 43.2 Å². The summed E-state index contributed by atoms with van der Waals surface area (Å²) in [5, 5.41) is 4.63. The maximum absolute atomic E-state index is 4.75. The van der Waals surface area contributed by atoms with Gasteiger partial charge in [-0.25, -0.2) is 9.97 Å². The van der Waals surface area contributed by atoms with Crippen molar-refractivity contribution in [1.82, 2.24) is 9.97 Å². The summed E-state index contributed by atoms with van der Waals surface area (Å²) in [6.07, 6.45) is 5.44. The highest BCUT2D eigenvalue weighted by Gasteiger charge is 2.21. The third kappa shape index (κ3) is 4.44. The third-order valence-corrected chi connectivity index (χ3v) is 5.74. The molecule has 0 spiro atoms. The number of benzene rings is 2. The molecule has 0 atom stereocenters. The van der Waals surface area contributed by atoms with Gasteiger partial charge in [0.25, 0.3) is 0 Å². The van der Waals surface area contributed by atoms with Crippen molar-refractivity contribution < 1.29 is 0 Å². The van der Waals surface area contributed by atoms with Gasteiger partial charge in [-0.3, -0.25) is 0 Å². The molecule has 0 aliphatic heterocycles. The van der Waals surface area contributed by atoms with Crippen LogP contribution in [0.3, 0.4) is 0 Å². The first-order chi connectivity index (χ1) is 15.2. The zero-order valence-corrected chi connectivity index (χ0v) is 17.9. The molecule has 0 unspecified atom stereocenters. The summed E-state index contributed by atoms with van der Waals surface area (Å²) in [5.41, 5.74) is 7.59. The fourth-order valence-electron chi connectivity index (χ4n) is 3.69. The molecule has 1 fully saturated rings. The van der Waals surface area contributed by atoms with Crippen molar-refractivity contribution in [2.24, 2.45) is 0 Å². The van der Waals surface area contributed by atoms with Crippen LogP contribution in [0.4, 0.5) is 5.82 Å². The van der Waals surface area contributed by atoms with Crippen molar-refractivity contribution in [3.05, 3.63) is 89.2 Å². The lowest BCUT2D eigenvalue weighted by molar-refractivity contribution is 1.12. The third-order valence-electron chi connectivity index (χ3n) is 5.74. The molecule has 1 aliphatic carbocycles. The minimum absolute atomic E-state index is 0.601. The van der Waals surface area contributed by atoms with E-state index >= 15 is 0 Å². The smallest absolute Gasteiger partial charge is 0.127 e. The molecule has 4 aromatic rings. The summed E-state index contributed by atoms with van der Waals surface area (Å²) in [7, 11) is 0. The van der Waals surface area contributed by atoms with Gasteiger partial charge in [0.15, 0.2) is 0 Å². The Morgan fingerprint density at radius 3 is 2.45 bits per heavy atom. The SMILES string of the molecule is CCc1ccc(-c2ccc(C#Cc3ccc4nc(NC5CC5)cc(C)c4c3)nc2)cc1. The van der Waals surface area contributed by atoms with Gasteiger partial charge < -0.3 is 5.32 Å². The second-order valence-electron chi connectivity index (χ2n) is 8.21. The van der Waals surface area contributed by atoms with Gasteiger partial charge in [-0.15, -0.1) is 0 Å². The summed E-state index contributed by atoms with van der Waals surface area (Å²) in [6, 6.07) is 21.7. The van der Waals surface area contributed by atoms with Crippen LogP contribution in [-0.2, 0) is 6.42 Å². The molecule has 1 aliphatic rings. The summed E-state index contributed by atoms with van der Waals surface area (Å²) in [6.45, 7) is 4.30. The van der Waals surface area contributed by atoms with Crippen molar-refractivity contribution in [3.63, 3.8) is 0 Å². The lowest BCUT2D eigenvalue weighted by Crippen LogP contribution is -2.03. The maximum atomic E-state index is 4.75. The molecule has 0 radical (unpaired) electrons. The van der Waals surface area contributed by atoms with Crippen molar-refractivity contribution in [3.8, 4) is 23.0 Å². The van der Waals surface area contributed by atoms with E-state index in [0.717, 1.165) is 40.0 Å². The summed E-state index contributed by atoms with van der Waals surface area (Å²) in [5.74, 6) is 7.42. The molecule has 1 N–H and O–H groups in total. The largest absolute Gasteiger partial charge is 0.367 e. The van der Waals surface area contributed by atoms with Crippen molar-refractivity contribution in [1.29, 1.82) is 0 Å². The zero-order valence-electron chi connectivity index (χ0n) is 17.9. The van der Waals surface area contributed by atoms with Crippen molar-refractivity contribution >= 4 is 16.7 Å². The fourth-order valence-corrected chi connectivity index (χ4v) is 3.69. The molecule has 2 aromatic carbocycles. The van der Waals surface area contributed by atoms with Gasteiger partial charge in [-0.2, -0.15) is 0 Å². The molecule has 5 rings (SSSR count). The average Bonchev–Trinajstić information content (AvgIpc) is 3.62. The lowest BCUT2D eigenvalue weighted by atomic mass is 10.0. The first-order valence-electron chi connectivity index (χ1n) is 10.9. The Kier molecular flexibility index (Phi) is 5.14. The van der Waals surface area contributed by atoms with Crippen LogP contribution in [-0.4, -0.2) is 16.0 Å². The maximum Gasteiger partial charge on any atom is 0.127 e. The van der Waals surface area contributed by atoms with E-state index < -0.39 is 0 Å². The van der Waals surface area contributed by atoms with Gasteiger partial charge in [0.2, 0.25) is 0 Å². The molecular weight excluding hydrogens is 378 g/mol. The minimum atomic E-state index is 0.601. The molecule has 1 saturated carbocycles. The number of nitrogens with one attached hydrogen (secondary N) is 1. The zero-order chi connectivity index (χ0) is 21.2. The predicted molar refractivity (Wildman–Crippen MR) is 128 cm³/mol. The summed E-state index contributed by atoms with van der Waals surface area (Å²) < 4.78 is 0. The minimum Gasteiger partial charge on any atom is -0.367 e. The number of fused-ring (bicyclic) bond motifs is 1. The quantitative estimate of drug-likeness (QED) is 0.416. The van der Waals surface area contributed by atoms with Crippen LogP contribution >= 0.6 is 0 Å². The Morgan fingerprint density at radius 2 is 1.74 bits per heavy atom. The number of pyridine rings is 2. The second kappa shape index (κ2) is 8.24. The Labute approximate surface area is 183 Å². The molecule has 2 aromatic heterocycles. The monoisotopic (exact) mass is 403 g/mol. The highest BCUT2D eigenvalue weighted by molar-refractivity contribution is 5.85. The highest BCUT2D eigenvalue weighted by atomic mass is 15.0. The van der Waals surface area contributed by atoms with Crippen LogP contribution in [0, 0.1) is 18.8 Å². The topological polar surface area (TPSA) is 37.8 Å². The van der Waals surface area contributed by atoms with E-state index in [-0.39, 0.29) is 0 Å². The molecule has 0 amide bonds. The number of hydrogen-bond acceptors (Lipinski definition) is 3. The standard InChI is InChI=1S/C28H25N3/c1-3-20-4-8-22(9-5-20)23-10-12-24(29-18-23)11-6-21-7-15-27-26(17-21)19(2)16-28(31-27)30-25-13-14-25/h4-5,7-10,12,15-18,25H,3,13-14H2,1-2H3,(H,30,31). The molecule has 3 nitrogen and oxygen atoms in total. The van der Waals surface area contributed by atoms with Crippen LogP contribution in [0.2, 0.25) is 0 Å². The number of anilines is 1. The molecule has 2 heterocycles. The first kappa shape index (κ1) is 19.3. The number of rotatable bonds is 4. The van der Waals surface area contributed by atoms with Gasteiger partial charge in [-0.05, 0) is 79.1 Å². The summed E-state index contributed by atoms with van der Waals surface area (Å²) in [4.78, 5) is 9.30. The van der Waals surface area contributed by atoms with Gasteiger partial charge >= 0.3 is 0 Å². The van der Waals surface area contributed by atoms with Crippen LogP contribution < -0.4 is 5.32 Å². The summed E-state index contributed by atoms with van der Waals surface area (Å²) >= 11 is 0. The van der Waals surface area contributed by atoms with E-state index in [0.29, 0.717) is 6.04 Å². The van der Waals surface area contributed by atoms with E-state index in [9.17, 15) is 0 Å². The number of aryl methyl sites for hydroxylation is 2. The molecule has 3 heteroatoms. The van der Waals surface area contributed by atoms with Crippen LogP contribution in [0.1, 0.15) is 42.1 Å². The van der Waals surface area contributed by atoms with E-state index in [1.54, 1.807) is 0 Å². The van der Waals surface area contributed by atoms with E-state index in [1.165, 1.54) is 29.5 Å². The average molecular weight is 404 g/mol. The normalized spacial score (nSPS) is 13.0. The van der Waals surface area contributed by atoms with Crippen molar-refractivity contribution in [2.75, 3.05) is 5.32 Å². The van der Waals surface area contributed by atoms with Crippen LogP contribution in [0.5, 0.6) is 0 Å². The fraction of sp³-hybridized carbons (Fsp3) is 0.214. The van der Waals surface area contributed by atoms with E-state index in [2.05, 4.69) is 84.5 Å². The lowest BCUT2D eigenvalue weighted by Gasteiger charge is -2.08. The molecule has 31 heavy (non-hydrogen) atoms. The first-order valence-corrected chi connectivity index (χ1v) is 10.9. The van der Waals surface area contributed by atoms with Crippen LogP contribution in [0.25, 0.3) is 22.0 Å². The molecular formula is C28H25N3. The Morgan fingerprint density at radius 1 is 0.935 bits per heavy atom. The Bertz CT molecular complexity index is 1290. The molecule has 0 bridgehead atoms. The Hall–Kier alpha value is -3.64. The number of hydrogen-bond donors (Lipinski definition) is 1. The van der Waals surface area contributed by atoms with E-state index in [4.69, 9.17) is 4.98 Å². The number of nitrogens with zero attached hydrogens (tertiary/aromatic N) is 2. The Balaban J connectivity index is 1.36. The second-order valence-corrected chi connectivity index (χ2v) is 8.21. The predicted octanol–water partition coefficient (Wildman–Crippen LogP) is 6.14. The van der Waals surface area contributed by atoms with Crippen molar-refractivity contribution in [2.45, 2.75) is 39.2 Å². The molecule has 152 valence electrons. The van der Waals surface area contributed by atoms with Gasteiger partial charge in [0, 0.05) is 28.8 Å². The van der Waals surface area contributed by atoms with Gasteiger partial charge in [0.05, 0.1) is 5.52 Å². The molecule has 0 saturated heterocycles. The van der Waals surface area contributed by atoms with Gasteiger partial charge in [0.1, 0.15) is 11.5 Å². The highest BCUT2D eigenvalue weighted by Crippen LogP contribution is 2.27.